The van der Waals surface area contributed by atoms with Crippen molar-refractivity contribution in [1.82, 2.24) is 19.6 Å². The predicted molar refractivity (Wildman–Crippen MR) is 416 cm³/mol. The van der Waals surface area contributed by atoms with Gasteiger partial charge in [0.15, 0.2) is 23.1 Å². The van der Waals surface area contributed by atoms with E-state index in [9.17, 15) is 71.9 Å². The minimum atomic E-state index is -0.784. The number of likely N-dealkylation sites (tertiary alicyclic amines) is 2. The minimum Gasteiger partial charge on any atom is -0.460 e. The number of esters is 1. The molecular weight excluding hydrogens is 1410 g/mol. The summed E-state index contributed by atoms with van der Waals surface area (Å²) in [7, 11) is 0. The first-order chi connectivity index (χ1) is 51.7. The van der Waals surface area contributed by atoms with Crippen molar-refractivity contribution in [2.24, 2.45) is 103 Å². The zero-order valence-electron chi connectivity index (χ0n) is 70.4. The van der Waals surface area contributed by atoms with Gasteiger partial charge in [-0.1, -0.05) is 148 Å². The van der Waals surface area contributed by atoms with Crippen LogP contribution in [0, 0.1) is 97.6 Å². The molecule has 0 aromatic heterocycles. The molecule has 111 heavy (non-hydrogen) atoms. The molecule has 10 aliphatic rings. The highest BCUT2D eigenvalue weighted by atomic mass is 16.6. The Balaban J connectivity index is 0.000000231. The van der Waals surface area contributed by atoms with Gasteiger partial charge in [-0.2, -0.15) is 0 Å². The molecule has 12 atom stereocenters. The first-order valence-electron chi connectivity index (χ1n) is 42.1. The molecule has 0 N–H and O–H groups in total. The summed E-state index contributed by atoms with van der Waals surface area (Å²) in [5, 5.41) is 0. The SMILES string of the molecule is CC(C)(C)OC(=O)C[C@H]1COCCCCCCC[C@@H](C(=O)C(=O)CC2CC2)CC(=O)[C@@H]2[C@@H]3[C@H](CN2C1=O)C3(C)C.CC1(C)CC(=O)N(C[C@@H](CC(=O)C[C@H]2COCCCCCCC[C@@H](C(=O)C(=O)CC3CC3)CC(=O)[C@@H]3[C@@H]4[C@H](CN3C2=O)C4(C)C)C(C)(C)C)C(=O)C1.CC1(C)CC(=O)N(C[C@@H](N=C=O)C(C)(C)C)C(=O)C1. The third kappa shape index (κ3) is 24.9. The third-order valence-corrected chi connectivity index (χ3v) is 25.9. The number of isocyanates is 1. The first-order valence-corrected chi connectivity index (χ1v) is 42.1. The van der Waals surface area contributed by atoms with E-state index < -0.39 is 75.8 Å². The summed E-state index contributed by atoms with van der Waals surface area (Å²) in [4.78, 5) is 206. The van der Waals surface area contributed by atoms with Crippen LogP contribution in [0.5, 0.6) is 0 Å². The van der Waals surface area contributed by atoms with E-state index >= 15 is 0 Å². The van der Waals surface area contributed by atoms with Crippen molar-refractivity contribution < 1.29 is 86.1 Å². The Morgan fingerprint density at radius 2 is 0.874 bits per heavy atom. The summed E-state index contributed by atoms with van der Waals surface area (Å²) >= 11 is 0. The van der Waals surface area contributed by atoms with Crippen molar-refractivity contribution in [3.05, 3.63) is 0 Å². The lowest BCUT2D eigenvalue weighted by Gasteiger charge is -2.39. The molecule has 6 saturated heterocycles. The van der Waals surface area contributed by atoms with Gasteiger partial charge in [0, 0.05) is 109 Å². The van der Waals surface area contributed by atoms with Crippen LogP contribution in [0.25, 0.3) is 0 Å². The molecule has 6 aliphatic heterocycles. The number of imide groups is 2. The topological polar surface area (TPSA) is 309 Å². The molecule has 0 bridgehead atoms. The van der Waals surface area contributed by atoms with Crippen LogP contribution in [-0.2, 0) is 86.1 Å². The number of rotatable bonds is 19. The highest BCUT2D eigenvalue weighted by molar-refractivity contribution is 6.39. The van der Waals surface area contributed by atoms with Crippen LogP contribution < -0.4 is 0 Å². The maximum Gasteiger partial charge on any atom is 0.307 e. The van der Waals surface area contributed by atoms with Crippen LogP contribution >= 0.6 is 0 Å². The maximum atomic E-state index is 14.5. The van der Waals surface area contributed by atoms with Gasteiger partial charge in [-0.25, -0.2) is 9.79 Å². The van der Waals surface area contributed by atoms with Gasteiger partial charge < -0.3 is 24.0 Å². The number of Topliss-reactive ketones (excluding diaryl/α,β-unsaturated/α-hetero) is 7. The molecule has 0 radical (unpaired) electrons. The Morgan fingerprint density at radius 3 is 1.24 bits per heavy atom. The Hall–Kier alpha value is -6.32. The van der Waals surface area contributed by atoms with Crippen molar-refractivity contribution in [3.63, 3.8) is 0 Å². The van der Waals surface area contributed by atoms with E-state index in [0.717, 1.165) is 89.9 Å². The van der Waals surface area contributed by atoms with Crippen LogP contribution in [-0.4, -0.2) is 184 Å². The summed E-state index contributed by atoms with van der Waals surface area (Å²) in [6, 6.07) is -1.76. The summed E-state index contributed by atoms with van der Waals surface area (Å²) in [6.07, 6.45) is 17.0. The summed E-state index contributed by atoms with van der Waals surface area (Å²) in [6.45, 7) is 35.6. The lowest BCUT2D eigenvalue weighted by atomic mass is 9.75. The second-order valence-corrected chi connectivity index (χ2v) is 40.8. The highest BCUT2D eigenvalue weighted by Gasteiger charge is 2.71. The Labute approximate surface area is 660 Å². The van der Waals surface area contributed by atoms with E-state index in [4.69, 9.17) is 14.2 Å². The molecule has 10 fully saturated rings. The van der Waals surface area contributed by atoms with Crippen molar-refractivity contribution in [2.45, 2.75) is 315 Å². The normalized spacial score (nSPS) is 29.5. The largest absolute Gasteiger partial charge is 0.460 e. The van der Waals surface area contributed by atoms with Crippen molar-refractivity contribution in [3.8, 4) is 0 Å². The predicted octanol–water partition coefficient (Wildman–Crippen LogP) is 12.8. The summed E-state index contributed by atoms with van der Waals surface area (Å²) in [5.41, 5.74) is -2.24. The molecular formula is C88H135N5O18. The molecule has 620 valence electrons. The molecule has 4 aliphatic carbocycles. The lowest BCUT2D eigenvalue weighted by molar-refractivity contribution is -0.160. The number of carbonyl (C=O) groups excluding carboxylic acids is 15. The average molecular weight is 1550 g/mol. The monoisotopic (exact) mass is 1550 g/mol. The van der Waals surface area contributed by atoms with Gasteiger partial charge in [-0.05, 0) is 146 Å². The molecule has 10 rings (SSSR count). The fourth-order valence-corrected chi connectivity index (χ4v) is 18.2. The van der Waals surface area contributed by atoms with E-state index in [1.807, 2.05) is 69.2 Å². The second-order valence-electron chi connectivity index (χ2n) is 40.8. The summed E-state index contributed by atoms with van der Waals surface area (Å²) in [5.74, 6) is -5.93. The number of piperidine rings is 4. The standard InChI is InChI=1S/C42H64N2O8.C32H49NO7.C14H22N2O3/c1-40(2,3)29(23-43-34(48)21-41(4,5)22-35(43)49)20-30(45)18-28-25-52-16-12-10-8-9-11-13-27(38(50)33(47)17-26-14-15-26)19-32(46)37-36-31(42(36,6)7)24-44(37)39(28)51;1-31(2,3)40-26(36)17-22-19-39-14-10-8-6-7-9-11-21(29(37)25(35)15-20-12-13-20)16-24(34)28-27-23(32(27,4)5)18-33(28)30(22)38;1-13(2,3)10(15-9-17)8-16-11(18)6-14(4,5)7-12(16)19/h26-29,31,36-37H,8-25H2,1-7H3;20-23,27-28H,6-19H2,1-5H3;10H,6-8H2,1-5H3/t27-,28+,29-,31+,36+,37-;21-,22+,23+,27+,28-;10-/m111/s1. The van der Waals surface area contributed by atoms with Gasteiger partial charge in [-0.15, -0.1) is 0 Å². The van der Waals surface area contributed by atoms with E-state index in [1.54, 1.807) is 30.6 Å². The molecule has 6 amide bonds. The first kappa shape index (κ1) is 90.2. The lowest BCUT2D eigenvalue weighted by Crippen LogP contribution is -2.50. The number of nitrogens with zero attached hydrogens (tertiary/aromatic N) is 5. The number of ether oxygens (including phenoxy) is 3. The molecule has 6 heterocycles. The van der Waals surface area contributed by atoms with Crippen molar-refractivity contribution in [2.75, 3.05) is 52.6 Å². The van der Waals surface area contributed by atoms with E-state index in [2.05, 4.69) is 32.7 Å². The second kappa shape index (κ2) is 37.1. The number of hydrogen-bond donors (Lipinski definition) is 0. The summed E-state index contributed by atoms with van der Waals surface area (Å²) < 4.78 is 17.5. The van der Waals surface area contributed by atoms with Gasteiger partial charge >= 0.3 is 5.97 Å². The number of amides is 6. The fraction of sp³-hybridized carbons (Fsp3) is 0.830. The zero-order valence-corrected chi connectivity index (χ0v) is 70.4. The Bertz CT molecular complexity index is 3480. The Kier molecular flexibility index (Phi) is 30.1. The maximum absolute atomic E-state index is 14.5. The van der Waals surface area contributed by atoms with E-state index in [0.29, 0.717) is 64.3 Å². The third-order valence-electron chi connectivity index (χ3n) is 25.9. The highest BCUT2D eigenvalue weighted by Crippen LogP contribution is 2.66. The van der Waals surface area contributed by atoms with Crippen LogP contribution in [0.4, 0.5) is 0 Å². The van der Waals surface area contributed by atoms with Gasteiger partial charge in [0.25, 0.3) is 0 Å². The number of carbonyl (C=O) groups is 14. The fourth-order valence-electron chi connectivity index (χ4n) is 18.2. The number of ketones is 7. The number of aliphatic imine (C=N–C) groups is 1. The molecule has 0 aromatic rings. The van der Waals surface area contributed by atoms with E-state index in [-0.39, 0.29) is 199 Å². The van der Waals surface area contributed by atoms with Gasteiger partial charge in [-0.3, -0.25) is 76.9 Å². The van der Waals surface area contributed by atoms with Gasteiger partial charge in [0.2, 0.25) is 53.1 Å². The minimum absolute atomic E-state index is 0.00375. The van der Waals surface area contributed by atoms with Crippen LogP contribution in [0.2, 0.25) is 0 Å². The molecule has 0 aromatic carbocycles. The van der Waals surface area contributed by atoms with Crippen LogP contribution in [0.3, 0.4) is 0 Å². The van der Waals surface area contributed by atoms with Gasteiger partial charge in [0.05, 0.1) is 56.1 Å². The smallest absolute Gasteiger partial charge is 0.307 e. The average Bonchev–Trinajstić information content (AvgIpc) is 1.53. The molecule has 0 unspecified atom stereocenters. The molecule has 23 nitrogen and oxygen atoms in total. The quantitative estimate of drug-likeness (QED) is 0.0381. The molecule has 4 saturated carbocycles. The van der Waals surface area contributed by atoms with Crippen molar-refractivity contribution >= 4 is 88.0 Å². The van der Waals surface area contributed by atoms with Crippen molar-refractivity contribution in [1.29, 1.82) is 0 Å². The molecule has 23 heteroatoms. The van der Waals surface area contributed by atoms with E-state index in [1.165, 1.54) is 15.9 Å². The number of hydrogen-bond acceptors (Lipinski definition) is 19. The zero-order chi connectivity index (χ0) is 82.3. The van der Waals surface area contributed by atoms with Gasteiger partial charge in [0.1, 0.15) is 11.4 Å². The Morgan fingerprint density at radius 1 is 0.495 bits per heavy atom. The van der Waals surface area contributed by atoms with Crippen LogP contribution in [0.1, 0.15) is 291 Å². The number of fused-ring (bicyclic) bond motifs is 6. The molecule has 0 spiro atoms. The van der Waals surface area contributed by atoms with Crippen LogP contribution in [0.15, 0.2) is 4.99 Å².